The first-order valence-corrected chi connectivity index (χ1v) is 5.12. The van der Waals surface area contributed by atoms with E-state index in [9.17, 15) is 0 Å². The second-order valence-corrected chi connectivity index (χ2v) is 3.51. The van der Waals surface area contributed by atoms with Crippen LogP contribution in [0.5, 0.6) is 5.75 Å². The van der Waals surface area contributed by atoms with E-state index in [0.29, 0.717) is 0 Å². The van der Waals surface area contributed by atoms with E-state index in [1.165, 1.54) is 0 Å². The van der Waals surface area contributed by atoms with Gasteiger partial charge >= 0.3 is 0 Å². The quantitative estimate of drug-likeness (QED) is 0.830. The SMILES string of the molecule is CCCn1ccc(-c2ccc(O)cc2)n1. The third kappa shape index (κ3) is 2.18. The van der Waals surface area contributed by atoms with Gasteiger partial charge in [0.1, 0.15) is 5.75 Å². The van der Waals surface area contributed by atoms with Crippen molar-refractivity contribution in [2.45, 2.75) is 19.9 Å². The average molecular weight is 202 g/mol. The van der Waals surface area contributed by atoms with Gasteiger partial charge in [-0.3, -0.25) is 4.68 Å². The number of phenols is 1. The maximum Gasteiger partial charge on any atom is 0.115 e. The van der Waals surface area contributed by atoms with E-state index < -0.39 is 0 Å². The standard InChI is InChI=1S/C12H14N2O/c1-2-8-14-9-7-12(13-14)10-3-5-11(15)6-4-10/h3-7,9,15H,2,8H2,1H3. The number of hydrogen-bond acceptors (Lipinski definition) is 2. The zero-order valence-electron chi connectivity index (χ0n) is 8.72. The molecule has 0 saturated heterocycles. The van der Waals surface area contributed by atoms with E-state index in [1.54, 1.807) is 12.1 Å². The van der Waals surface area contributed by atoms with Gasteiger partial charge in [0, 0.05) is 18.3 Å². The van der Waals surface area contributed by atoms with Crippen LogP contribution in [0.2, 0.25) is 0 Å². The summed E-state index contributed by atoms with van der Waals surface area (Å²) >= 11 is 0. The van der Waals surface area contributed by atoms with Crippen molar-refractivity contribution >= 4 is 0 Å². The molecule has 15 heavy (non-hydrogen) atoms. The third-order valence-electron chi connectivity index (χ3n) is 2.26. The minimum atomic E-state index is 0.284. The van der Waals surface area contributed by atoms with Gasteiger partial charge in [0.05, 0.1) is 5.69 Å². The summed E-state index contributed by atoms with van der Waals surface area (Å²) in [5.74, 6) is 0.284. The summed E-state index contributed by atoms with van der Waals surface area (Å²) in [7, 11) is 0. The Kier molecular flexibility index (Phi) is 2.72. The van der Waals surface area contributed by atoms with E-state index in [1.807, 2.05) is 29.1 Å². The largest absolute Gasteiger partial charge is 0.508 e. The van der Waals surface area contributed by atoms with Gasteiger partial charge in [0.25, 0.3) is 0 Å². The number of aromatic hydroxyl groups is 1. The first kappa shape index (κ1) is 9.77. The summed E-state index contributed by atoms with van der Waals surface area (Å²) in [6.07, 6.45) is 3.06. The van der Waals surface area contributed by atoms with Gasteiger partial charge in [-0.1, -0.05) is 6.92 Å². The molecule has 0 aliphatic rings. The Morgan fingerprint density at radius 3 is 2.60 bits per heavy atom. The van der Waals surface area contributed by atoms with Crippen LogP contribution in [0.3, 0.4) is 0 Å². The third-order valence-corrected chi connectivity index (χ3v) is 2.26. The van der Waals surface area contributed by atoms with Crippen molar-refractivity contribution in [3.63, 3.8) is 0 Å². The minimum absolute atomic E-state index is 0.284. The van der Waals surface area contributed by atoms with Crippen LogP contribution in [0.1, 0.15) is 13.3 Å². The lowest BCUT2D eigenvalue weighted by atomic mass is 10.1. The summed E-state index contributed by atoms with van der Waals surface area (Å²) in [5, 5.41) is 13.6. The lowest BCUT2D eigenvalue weighted by Gasteiger charge is -1.98. The van der Waals surface area contributed by atoms with E-state index in [0.717, 1.165) is 24.2 Å². The fourth-order valence-corrected chi connectivity index (χ4v) is 1.50. The highest BCUT2D eigenvalue weighted by Gasteiger charge is 2.01. The molecule has 0 spiro atoms. The van der Waals surface area contributed by atoms with Crippen molar-refractivity contribution in [3.8, 4) is 17.0 Å². The molecule has 1 aromatic heterocycles. The van der Waals surface area contributed by atoms with Crippen molar-refractivity contribution in [3.05, 3.63) is 36.5 Å². The second kappa shape index (κ2) is 4.17. The van der Waals surface area contributed by atoms with E-state index in [2.05, 4.69) is 12.0 Å². The molecular formula is C12H14N2O. The summed E-state index contributed by atoms with van der Waals surface area (Å²) in [5.41, 5.74) is 1.98. The first-order chi connectivity index (χ1) is 7.29. The Hall–Kier alpha value is -1.77. The van der Waals surface area contributed by atoms with Gasteiger partial charge in [-0.15, -0.1) is 0 Å². The molecular weight excluding hydrogens is 188 g/mol. The van der Waals surface area contributed by atoms with Crippen LogP contribution >= 0.6 is 0 Å². The molecule has 0 bridgehead atoms. The fraction of sp³-hybridized carbons (Fsp3) is 0.250. The molecule has 1 N–H and O–H groups in total. The van der Waals surface area contributed by atoms with Crippen molar-refractivity contribution in [1.29, 1.82) is 0 Å². The summed E-state index contributed by atoms with van der Waals surface area (Å²) in [6.45, 7) is 3.07. The van der Waals surface area contributed by atoms with Gasteiger partial charge in [-0.2, -0.15) is 5.10 Å². The lowest BCUT2D eigenvalue weighted by Crippen LogP contribution is -1.96. The molecule has 3 heteroatoms. The van der Waals surface area contributed by atoms with Crippen LogP contribution in [0.25, 0.3) is 11.3 Å². The number of hydrogen-bond donors (Lipinski definition) is 1. The maximum atomic E-state index is 9.17. The normalized spacial score (nSPS) is 10.5. The predicted octanol–water partition coefficient (Wildman–Crippen LogP) is 2.67. The highest BCUT2D eigenvalue weighted by Crippen LogP contribution is 2.19. The van der Waals surface area contributed by atoms with Crippen LogP contribution in [0.15, 0.2) is 36.5 Å². The van der Waals surface area contributed by atoms with Crippen LogP contribution in [0.4, 0.5) is 0 Å². The zero-order chi connectivity index (χ0) is 10.7. The number of phenolic OH excluding ortho intramolecular Hbond substituents is 1. The smallest absolute Gasteiger partial charge is 0.115 e. The number of rotatable bonds is 3. The molecule has 78 valence electrons. The van der Waals surface area contributed by atoms with E-state index in [4.69, 9.17) is 5.11 Å². The Morgan fingerprint density at radius 2 is 1.93 bits per heavy atom. The molecule has 0 aliphatic heterocycles. The molecule has 0 amide bonds. The Bertz CT molecular complexity index is 431. The second-order valence-electron chi connectivity index (χ2n) is 3.51. The number of nitrogens with zero attached hydrogens (tertiary/aromatic N) is 2. The zero-order valence-corrected chi connectivity index (χ0v) is 8.72. The maximum absolute atomic E-state index is 9.17. The van der Waals surface area contributed by atoms with Crippen molar-refractivity contribution in [2.24, 2.45) is 0 Å². The predicted molar refractivity (Wildman–Crippen MR) is 59.6 cm³/mol. The summed E-state index contributed by atoms with van der Waals surface area (Å²) < 4.78 is 1.93. The Balaban J connectivity index is 2.25. The van der Waals surface area contributed by atoms with Gasteiger partial charge in [0.2, 0.25) is 0 Å². The molecule has 2 aromatic rings. The van der Waals surface area contributed by atoms with Crippen molar-refractivity contribution in [2.75, 3.05) is 0 Å². The molecule has 0 atom stereocenters. The average Bonchev–Trinajstić information content (AvgIpc) is 2.68. The molecule has 0 saturated carbocycles. The van der Waals surface area contributed by atoms with Gasteiger partial charge in [-0.25, -0.2) is 0 Å². The highest BCUT2D eigenvalue weighted by atomic mass is 16.3. The van der Waals surface area contributed by atoms with Crippen LogP contribution in [-0.4, -0.2) is 14.9 Å². The van der Waals surface area contributed by atoms with Crippen LogP contribution < -0.4 is 0 Å². The highest BCUT2D eigenvalue weighted by molar-refractivity contribution is 5.59. The molecule has 3 nitrogen and oxygen atoms in total. The van der Waals surface area contributed by atoms with E-state index in [-0.39, 0.29) is 5.75 Å². The molecule has 0 fully saturated rings. The van der Waals surface area contributed by atoms with Gasteiger partial charge in [-0.05, 0) is 36.8 Å². The van der Waals surface area contributed by atoms with Gasteiger partial charge < -0.3 is 5.11 Å². The molecule has 0 unspecified atom stereocenters. The summed E-state index contributed by atoms with van der Waals surface area (Å²) in [6, 6.07) is 9.08. The number of aromatic nitrogens is 2. The van der Waals surface area contributed by atoms with Gasteiger partial charge in [0.15, 0.2) is 0 Å². The molecule has 1 heterocycles. The van der Waals surface area contributed by atoms with Crippen LogP contribution in [0, 0.1) is 0 Å². The summed E-state index contributed by atoms with van der Waals surface area (Å²) in [4.78, 5) is 0. The van der Waals surface area contributed by atoms with Crippen LogP contribution in [-0.2, 0) is 6.54 Å². The number of aryl methyl sites for hydroxylation is 1. The van der Waals surface area contributed by atoms with Crippen molar-refractivity contribution in [1.82, 2.24) is 9.78 Å². The molecule has 2 rings (SSSR count). The molecule has 0 radical (unpaired) electrons. The monoisotopic (exact) mass is 202 g/mol. The van der Waals surface area contributed by atoms with Crippen molar-refractivity contribution < 1.29 is 5.11 Å². The minimum Gasteiger partial charge on any atom is -0.508 e. The molecule has 1 aromatic carbocycles. The molecule has 0 aliphatic carbocycles. The number of benzene rings is 1. The van der Waals surface area contributed by atoms with E-state index >= 15 is 0 Å². The lowest BCUT2D eigenvalue weighted by molar-refractivity contribution is 0.475. The first-order valence-electron chi connectivity index (χ1n) is 5.12. The topological polar surface area (TPSA) is 38.0 Å². The fourth-order valence-electron chi connectivity index (χ4n) is 1.50. The Labute approximate surface area is 89.0 Å². The Morgan fingerprint density at radius 1 is 1.20 bits per heavy atom.